The summed E-state index contributed by atoms with van der Waals surface area (Å²) >= 11 is 0. The molecular formula is C21H26N2O4. The Morgan fingerprint density at radius 1 is 1.26 bits per heavy atom. The predicted molar refractivity (Wildman–Crippen MR) is 98.2 cm³/mol. The third-order valence-electron chi connectivity index (χ3n) is 6.83. The van der Waals surface area contributed by atoms with Gasteiger partial charge < -0.3 is 20.1 Å². The minimum absolute atomic E-state index is 0.00782. The average Bonchev–Trinajstić information content (AvgIpc) is 3.20. The highest BCUT2D eigenvalue weighted by Crippen LogP contribution is 2.52. The molecule has 2 amide bonds. The van der Waals surface area contributed by atoms with Crippen molar-refractivity contribution in [3.05, 3.63) is 29.8 Å². The van der Waals surface area contributed by atoms with Gasteiger partial charge in [-0.2, -0.15) is 0 Å². The first kappa shape index (κ1) is 17.0. The second kappa shape index (κ2) is 6.51. The molecule has 2 N–H and O–H groups in total. The van der Waals surface area contributed by atoms with Gasteiger partial charge in [0.15, 0.2) is 5.72 Å². The number of fused-ring (bicyclic) bond motifs is 3. The van der Waals surface area contributed by atoms with Crippen molar-refractivity contribution in [3.8, 4) is 5.75 Å². The summed E-state index contributed by atoms with van der Waals surface area (Å²) in [6, 6.07) is 7.40. The zero-order valence-electron chi connectivity index (χ0n) is 15.4. The Morgan fingerprint density at radius 2 is 2.15 bits per heavy atom. The summed E-state index contributed by atoms with van der Waals surface area (Å²) in [5.74, 6) is 1.14. The van der Waals surface area contributed by atoms with Crippen LogP contribution in [0.15, 0.2) is 24.3 Å². The minimum Gasteiger partial charge on any atom is -0.467 e. The van der Waals surface area contributed by atoms with Gasteiger partial charge in [0, 0.05) is 31.4 Å². The van der Waals surface area contributed by atoms with Crippen LogP contribution in [0.2, 0.25) is 0 Å². The molecule has 6 rings (SSSR count). The van der Waals surface area contributed by atoms with Crippen LogP contribution in [0.3, 0.4) is 0 Å². The van der Waals surface area contributed by atoms with Gasteiger partial charge in [-0.05, 0) is 50.2 Å². The highest BCUT2D eigenvalue weighted by atomic mass is 16.5. The Labute approximate surface area is 159 Å². The molecule has 3 saturated carbocycles. The lowest BCUT2D eigenvalue weighted by Crippen LogP contribution is -2.67. The van der Waals surface area contributed by atoms with Crippen molar-refractivity contribution in [2.75, 3.05) is 13.2 Å². The van der Waals surface area contributed by atoms with Gasteiger partial charge in [-0.3, -0.25) is 9.59 Å². The molecule has 27 heavy (non-hydrogen) atoms. The number of nitrogens with one attached hydrogen (secondary N) is 2. The Hall–Kier alpha value is -2.08. The molecule has 3 aliphatic carbocycles. The molecule has 2 aliphatic heterocycles. The van der Waals surface area contributed by atoms with Crippen LogP contribution >= 0.6 is 0 Å². The van der Waals surface area contributed by atoms with Crippen molar-refractivity contribution >= 4 is 11.8 Å². The van der Waals surface area contributed by atoms with E-state index in [0.29, 0.717) is 24.3 Å². The van der Waals surface area contributed by atoms with Crippen molar-refractivity contribution in [1.29, 1.82) is 0 Å². The van der Waals surface area contributed by atoms with E-state index in [0.717, 1.165) is 38.7 Å². The number of ether oxygens (including phenoxy) is 2. The monoisotopic (exact) mass is 370 g/mol. The van der Waals surface area contributed by atoms with Crippen molar-refractivity contribution in [2.45, 2.75) is 50.4 Å². The van der Waals surface area contributed by atoms with E-state index in [9.17, 15) is 9.59 Å². The van der Waals surface area contributed by atoms with Crippen LogP contribution < -0.4 is 15.4 Å². The Kier molecular flexibility index (Phi) is 4.11. The molecule has 4 fully saturated rings. The molecule has 5 atom stereocenters. The molecule has 6 nitrogen and oxygen atoms in total. The summed E-state index contributed by atoms with van der Waals surface area (Å²) in [6.07, 6.45) is 5.75. The summed E-state index contributed by atoms with van der Waals surface area (Å²) in [5, 5.41) is 6.25. The number of amides is 2. The third-order valence-corrected chi connectivity index (χ3v) is 6.83. The minimum atomic E-state index is -0.653. The Bertz CT molecular complexity index is 760. The van der Waals surface area contributed by atoms with E-state index in [1.165, 1.54) is 0 Å². The van der Waals surface area contributed by atoms with Gasteiger partial charge in [0.05, 0.1) is 11.7 Å². The Balaban J connectivity index is 1.29. The van der Waals surface area contributed by atoms with E-state index in [1.807, 2.05) is 18.2 Å². The topological polar surface area (TPSA) is 76.7 Å². The molecule has 1 aromatic carbocycles. The largest absolute Gasteiger partial charge is 0.467 e. The zero-order valence-corrected chi connectivity index (χ0v) is 15.4. The SMILES string of the molecule is O=C1NC2(CC3CCC2CC3C(=O)NCC2CCCO2)Oc2ccccc21. The highest BCUT2D eigenvalue weighted by molar-refractivity contribution is 5.98. The summed E-state index contributed by atoms with van der Waals surface area (Å²) in [5.41, 5.74) is -0.0601. The standard InChI is InChI=1S/C21H26N2O4/c24-19(22-12-15-4-3-9-26-15)17-10-14-8-7-13(17)11-21(14)23-20(25)16-5-1-2-6-18(16)27-21/h1-2,5-6,13-15,17H,3-4,7-12H2,(H,22,24)(H,23,25). The zero-order chi connectivity index (χ0) is 18.4. The lowest BCUT2D eigenvalue weighted by Gasteiger charge is -2.55. The maximum Gasteiger partial charge on any atom is 0.258 e. The molecule has 2 heterocycles. The molecule has 0 aromatic heterocycles. The van der Waals surface area contributed by atoms with Crippen LogP contribution in [-0.2, 0) is 9.53 Å². The first-order valence-corrected chi connectivity index (χ1v) is 10.1. The lowest BCUT2D eigenvalue weighted by molar-refractivity contribution is -0.147. The molecule has 5 aliphatic rings. The predicted octanol–water partition coefficient (Wildman–Crippen LogP) is 2.24. The molecule has 5 unspecified atom stereocenters. The molecular weight excluding hydrogens is 344 g/mol. The summed E-state index contributed by atoms with van der Waals surface area (Å²) in [7, 11) is 0. The lowest BCUT2D eigenvalue weighted by atomic mass is 9.60. The second-order valence-corrected chi connectivity index (χ2v) is 8.40. The van der Waals surface area contributed by atoms with E-state index >= 15 is 0 Å². The summed E-state index contributed by atoms with van der Waals surface area (Å²) < 4.78 is 12.0. The fraction of sp³-hybridized carbons (Fsp3) is 0.619. The van der Waals surface area contributed by atoms with Gasteiger partial charge in [0.1, 0.15) is 5.75 Å². The van der Waals surface area contributed by atoms with Crippen molar-refractivity contribution in [2.24, 2.45) is 17.8 Å². The number of carbonyl (C=O) groups is 2. The van der Waals surface area contributed by atoms with Crippen LogP contribution in [0.25, 0.3) is 0 Å². The van der Waals surface area contributed by atoms with E-state index < -0.39 is 5.72 Å². The fourth-order valence-corrected chi connectivity index (χ4v) is 5.43. The molecule has 1 spiro atoms. The highest BCUT2D eigenvalue weighted by Gasteiger charge is 2.57. The number of hydrogen-bond donors (Lipinski definition) is 2. The maximum absolute atomic E-state index is 12.8. The van der Waals surface area contributed by atoms with Crippen molar-refractivity contribution in [3.63, 3.8) is 0 Å². The average molecular weight is 370 g/mol. The van der Waals surface area contributed by atoms with Crippen molar-refractivity contribution in [1.82, 2.24) is 10.6 Å². The van der Waals surface area contributed by atoms with Gasteiger partial charge in [0.25, 0.3) is 5.91 Å². The van der Waals surface area contributed by atoms with Gasteiger partial charge >= 0.3 is 0 Å². The number of benzene rings is 1. The summed E-state index contributed by atoms with van der Waals surface area (Å²) in [4.78, 5) is 25.4. The first-order valence-electron chi connectivity index (χ1n) is 10.1. The molecule has 1 aromatic rings. The van der Waals surface area contributed by atoms with E-state index in [1.54, 1.807) is 6.07 Å². The van der Waals surface area contributed by atoms with Crippen LogP contribution in [0.1, 0.15) is 48.9 Å². The molecule has 6 heteroatoms. The smallest absolute Gasteiger partial charge is 0.258 e. The van der Waals surface area contributed by atoms with E-state index in [-0.39, 0.29) is 35.7 Å². The van der Waals surface area contributed by atoms with Gasteiger partial charge in [-0.15, -0.1) is 0 Å². The first-order chi connectivity index (χ1) is 13.1. The van der Waals surface area contributed by atoms with Gasteiger partial charge in [0.2, 0.25) is 5.91 Å². The van der Waals surface area contributed by atoms with E-state index in [2.05, 4.69) is 10.6 Å². The van der Waals surface area contributed by atoms with Crippen LogP contribution in [-0.4, -0.2) is 36.8 Å². The van der Waals surface area contributed by atoms with Crippen LogP contribution in [0.4, 0.5) is 0 Å². The molecule has 144 valence electrons. The second-order valence-electron chi connectivity index (χ2n) is 8.40. The third kappa shape index (κ3) is 2.90. The summed E-state index contributed by atoms with van der Waals surface area (Å²) in [6.45, 7) is 1.41. The number of rotatable bonds is 3. The molecule has 2 bridgehead atoms. The normalized spacial score (nSPS) is 36.8. The molecule has 1 saturated heterocycles. The van der Waals surface area contributed by atoms with Crippen molar-refractivity contribution < 1.29 is 19.1 Å². The van der Waals surface area contributed by atoms with Crippen LogP contribution in [0.5, 0.6) is 5.75 Å². The Morgan fingerprint density at radius 3 is 2.93 bits per heavy atom. The van der Waals surface area contributed by atoms with Crippen LogP contribution in [0, 0.1) is 17.8 Å². The quantitative estimate of drug-likeness (QED) is 0.856. The van der Waals surface area contributed by atoms with Gasteiger partial charge in [-0.1, -0.05) is 12.1 Å². The number of carbonyl (C=O) groups excluding carboxylic acids is 2. The number of hydrogen-bond acceptors (Lipinski definition) is 4. The molecule has 0 radical (unpaired) electrons. The number of para-hydroxylation sites is 1. The van der Waals surface area contributed by atoms with Gasteiger partial charge in [-0.25, -0.2) is 0 Å². The fourth-order valence-electron chi connectivity index (χ4n) is 5.43. The van der Waals surface area contributed by atoms with E-state index in [4.69, 9.17) is 9.47 Å². The maximum atomic E-state index is 12.8.